The number of carbonyl (C=O) groups is 2. The number of hydrogen-bond donors (Lipinski definition) is 1. The summed E-state index contributed by atoms with van der Waals surface area (Å²) in [6.07, 6.45) is 1.88. The number of hydrogen-bond acceptors (Lipinski definition) is 5. The van der Waals surface area contributed by atoms with Crippen LogP contribution < -0.4 is 10.2 Å². The van der Waals surface area contributed by atoms with Gasteiger partial charge >= 0.3 is 0 Å². The average molecular weight is 585 g/mol. The molecule has 0 saturated carbocycles. The molecule has 0 bridgehead atoms. The molecule has 2 atom stereocenters. The number of anilines is 1. The van der Waals surface area contributed by atoms with Gasteiger partial charge in [0.1, 0.15) is 18.2 Å². The predicted octanol–water partition coefficient (Wildman–Crippen LogP) is 5.76. The van der Waals surface area contributed by atoms with Gasteiger partial charge in [-0.3, -0.25) is 14.5 Å². The third-order valence-corrected chi connectivity index (χ3v) is 9.00. The summed E-state index contributed by atoms with van der Waals surface area (Å²) in [5.41, 5.74) is 6.20. The maximum absolute atomic E-state index is 14.0. The monoisotopic (exact) mass is 584 g/mol. The topological polar surface area (TPSA) is 76.5 Å². The number of thioether (sulfide) groups is 1. The minimum atomic E-state index is -0.326. The van der Waals surface area contributed by atoms with Gasteiger partial charge in [0.15, 0.2) is 0 Å². The van der Waals surface area contributed by atoms with Crippen molar-refractivity contribution in [3.63, 3.8) is 0 Å². The van der Waals surface area contributed by atoms with Crippen LogP contribution in [0.1, 0.15) is 40.3 Å². The van der Waals surface area contributed by atoms with Crippen molar-refractivity contribution in [1.82, 2.24) is 15.1 Å². The summed E-state index contributed by atoms with van der Waals surface area (Å²) in [5.74, 6) is -0.0742. The van der Waals surface area contributed by atoms with E-state index in [0.717, 1.165) is 46.3 Å². The minimum Gasteiger partial charge on any atom is -0.376 e. The number of aromatic nitrogens is 2. The Labute approximate surface area is 249 Å². The first-order chi connectivity index (χ1) is 20.4. The second kappa shape index (κ2) is 12.1. The zero-order chi connectivity index (χ0) is 29.2. The van der Waals surface area contributed by atoms with Gasteiger partial charge in [0.25, 0.3) is 0 Å². The molecule has 6 rings (SSSR count). The van der Waals surface area contributed by atoms with Gasteiger partial charge in [-0.15, -0.1) is 11.8 Å². The van der Waals surface area contributed by atoms with Crippen LogP contribution >= 0.6 is 11.8 Å². The number of nitrogens with zero attached hydrogens (tertiary/aromatic N) is 3. The first-order valence-corrected chi connectivity index (χ1v) is 15.3. The number of ether oxygens (including phenoxy) is 1. The Morgan fingerprint density at radius 1 is 1.10 bits per heavy atom. The van der Waals surface area contributed by atoms with Crippen LogP contribution in [-0.2, 0) is 14.3 Å². The molecule has 3 aromatic carbocycles. The van der Waals surface area contributed by atoms with E-state index in [1.807, 2.05) is 56.3 Å². The van der Waals surface area contributed by atoms with Crippen LogP contribution in [-0.4, -0.2) is 53.1 Å². The fourth-order valence-electron chi connectivity index (χ4n) is 5.67. The lowest BCUT2D eigenvalue weighted by Gasteiger charge is -2.24. The molecule has 2 unspecified atom stereocenters. The highest BCUT2D eigenvalue weighted by Gasteiger charge is 2.38. The Balaban J connectivity index is 1.53. The molecule has 0 radical (unpaired) electrons. The van der Waals surface area contributed by atoms with E-state index in [1.54, 1.807) is 21.7 Å². The molecule has 1 N–H and O–H groups in total. The van der Waals surface area contributed by atoms with Crippen LogP contribution in [0.5, 0.6) is 0 Å². The van der Waals surface area contributed by atoms with Gasteiger partial charge in [0.05, 0.1) is 28.5 Å². The van der Waals surface area contributed by atoms with Crippen LogP contribution in [0.15, 0.2) is 72.8 Å². The highest BCUT2D eigenvalue weighted by atomic mass is 32.2. The molecule has 2 aliphatic heterocycles. The van der Waals surface area contributed by atoms with E-state index in [2.05, 4.69) is 11.4 Å². The van der Waals surface area contributed by atoms with Gasteiger partial charge in [0, 0.05) is 24.3 Å². The van der Waals surface area contributed by atoms with E-state index in [1.165, 1.54) is 23.9 Å². The van der Waals surface area contributed by atoms with Gasteiger partial charge in [-0.1, -0.05) is 60.2 Å². The summed E-state index contributed by atoms with van der Waals surface area (Å²) in [4.78, 5) is 28.8. The number of amides is 2. The molecule has 2 amide bonds. The lowest BCUT2D eigenvalue weighted by Crippen LogP contribution is -2.44. The normalized spacial score (nSPS) is 18.5. The summed E-state index contributed by atoms with van der Waals surface area (Å²) in [7, 11) is 0. The van der Waals surface area contributed by atoms with Crippen molar-refractivity contribution < 1.29 is 18.7 Å². The van der Waals surface area contributed by atoms with Crippen molar-refractivity contribution in [3.05, 3.63) is 101 Å². The van der Waals surface area contributed by atoms with Crippen LogP contribution in [0.25, 0.3) is 16.9 Å². The zero-order valence-corrected chi connectivity index (χ0v) is 24.5. The van der Waals surface area contributed by atoms with Gasteiger partial charge in [-0.05, 0) is 56.0 Å². The number of halogens is 1. The van der Waals surface area contributed by atoms with Crippen LogP contribution in [0.2, 0.25) is 0 Å². The van der Waals surface area contributed by atoms with Crippen LogP contribution in [0, 0.1) is 19.7 Å². The molecule has 42 heavy (non-hydrogen) atoms. The number of nitrogens with one attached hydrogen (secondary N) is 1. The summed E-state index contributed by atoms with van der Waals surface area (Å²) in [6, 6.07) is 22.3. The van der Waals surface area contributed by atoms with E-state index < -0.39 is 0 Å². The second-order valence-corrected chi connectivity index (χ2v) is 11.9. The Morgan fingerprint density at radius 3 is 2.60 bits per heavy atom. The summed E-state index contributed by atoms with van der Waals surface area (Å²) < 4.78 is 21.5. The summed E-state index contributed by atoms with van der Waals surface area (Å²) >= 11 is 1.46. The van der Waals surface area contributed by atoms with E-state index in [0.29, 0.717) is 24.7 Å². The third kappa shape index (κ3) is 5.71. The van der Waals surface area contributed by atoms with Crippen molar-refractivity contribution in [3.8, 4) is 16.9 Å². The smallest absolute Gasteiger partial charge is 0.240 e. The van der Waals surface area contributed by atoms with E-state index in [9.17, 15) is 14.0 Å². The first-order valence-electron chi connectivity index (χ1n) is 14.2. The Hall–Kier alpha value is -3.95. The van der Waals surface area contributed by atoms with Crippen molar-refractivity contribution in [2.45, 2.75) is 38.0 Å². The first kappa shape index (κ1) is 28.2. The van der Waals surface area contributed by atoms with E-state index in [-0.39, 0.29) is 41.3 Å². The number of fused-ring (bicyclic) bond motifs is 1. The predicted molar refractivity (Wildman–Crippen MR) is 164 cm³/mol. The van der Waals surface area contributed by atoms with Gasteiger partial charge in [0.2, 0.25) is 11.8 Å². The van der Waals surface area contributed by atoms with Gasteiger partial charge in [-0.2, -0.15) is 5.10 Å². The number of carbonyl (C=O) groups excluding carboxylic acids is 2. The quantitative estimate of drug-likeness (QED) is 0.299. The van der Waals surface area contributed by atoms with Crippen molar-refractivity contribution in [2.24, 2.45) is 0 Å². The zero-order valence-electron chi connectivity index (χ0n) is 23.7. The molecule has 0 spiro atoms. The summed E-state index contributed by atoms with van der Waals surface area (Å²) in [6.45, 7) is 5.01. The standard InChI is InChI=1S/C33H33FN4O3S/c1-21-10-15-27(22(2)17-21)38-33-30(31(36-38)23-7-4-3-5-8-23)32(24-11-13-25(34)14-12-24)42-20-29(40)37(33)19-28(39)35-18-26-9-6-16-41-26/h3-5,7-8,10-15,17,26,32H,6,9,16,18-20H2,1-2H3,(H,35,39). The third-order valence-electron chi connectivity index (χ3n) is 7.74. The van der Waals surface area contributed by atoms with E-state index >= 15 is 0 Å². The lowest BCUT2D eigenvalue weighted by molar-refractivity contribution is -0.123. The van der Waals surface area contributed by atoms with Crippen molar-refractivity contribution in [1.29, 1.82) is 0 Å². The minimum absolute atomic E-state index is 0.00632. The maximum atomic E-state index is 14.0. The number of benzene rings is 3. The number of rotatable bonds is 7. The van der Waals surface area contributed by atoms with Crippen molar-refractivity contribution in [2.75, 3.05) is 30.3 Å². The molecule has 216 valence electrons. The Morgan fingerprint density at radius 2 is 1.88 bits per heavy atom. The Bertz CT molecular complexity index is 1600. The van der Waals surface area contributed by atoms with Crippen LogP contribution in [0.3, 0.4) is 0 Å². The largest absolute Gasteiger partial charge is 0.376 e. The molecule has 1 fully saturated rings. The fourth-order valence-corrected chi connectivity index (χ4v) is 6.87. The molecule has 3 heterocycles. The van der Waals surface area contributed by atoms with Crippen molar-refractivity contribution >= 4 is 29.4 Å². The molecular formula is C33H33FN4O3S. The highest BCUT2D eigenvalue weighted by molar-refractivity contribution is 8.00. The average Bonchev–Trinajstić information content (AvgIpc) is 3.62. The molecular weight excluding hydrogens is 551 g/mol. The fraction of sp³-hybridized carbons (Fsp3) is 0.303. The second-order valence-electron chi connectivity index (χ2n) is 10.8. The van der Waals surface area contributed by atoms with E-state index in [4.69, 9.17) is 9.84 Å². The number of aryl methyl sites for hydroxylation is 2. The summed E-state index contributed by atoms with van der Waals surface area (Å²) in [5, 5.41) is 7.80. The SMILES string of the molecule is Cc1ccc(-n2nc(-c3ccccc3)c3c2N(CC(=O)NCC2CCCO2)C(=O)CSC3c2ccc(F)cc2)c(C)c1. The highest BCUT2D eigenvalue weighted by Crippen LogP contribution is 2.48. The van der Waals surface area contributed by atoms with Crippen LogP contribution in [0.4, 0.5) is 10.2 Å². The van der Waals surface area contributed by atoms with Gasteiger partial charge < -0.3 is 10.1 Å². The Kier molecular flexibility index (Phi) is 8.13. The maximum Gasteiger partial charge on any atom is 0.240 e. The molecule has 1 aromatic heterocycles. The molecule has 4 aromatic rings. The van der Waals surface area contributed by atoms with Gasteiger partial charge in [-0.25, -0.2) is 9.07 Å². The molecule has 2 aliphatic rings. The molecule has 1 saturated heterocycles. The molecule has 9 heteroatoms. The molecule has 7 nitrogen and oxygen atoms in total. The lowest BCUT2D eigenvalue weighted by atomic mass is 9.99. The molecule has 0 aliphatic carbocycles.